The zero-order chi connectivity index (χ0) is 23.2. The van der Waals surface area contributed by atoms with Crippen LogP contribution in [0, 0.1) is 12.8 Å². The number of likely N-dealkylation sites (tertiary alicyclic amines) is 1. The summed E-state index contributed by atoms with van der Waals surface area (Å²) in [6.07, 6.45) is 1.64. The third-order valence-corrected chi connectivity index (χ3v) is 7.21. The number of nitrogens with zero attached hydrogens (tertiary/aromatic N) is 3. The molecule has 9 heteroatoms. The molecular formula is C24H26Cl2N4O2S. The van der Waals surface area contributed by atoms with Gasteiger partial charge in [-0.1, -0.05) is 46.1 Å². The number of rotatable bonds is 8. The number of hydrogen-bond donors (Lipinski definition) is 1. The lowest BCUT2D eigenvalue weighted by Gasteiger charge is -2.30. The highest BCUT2D eigenvalue weighted by Crippen LogP contribution is 2.29. The summed E-state index contributed by atoms with van der Waals surface area (Å²) in [5, 5.41) is 8.18. The van der Waals surface area contributed by atoms with E-state index in [4.69, 9.17) is 27.7 Å². The van der Waals surface area contributed by atoms with Crippen molar-refractivity contribution in [3.63, 3.8) is 0 Å². The van der Waals surface area contributed by atoms with Crippen LogP contribution in [-0.4, -0.2) is 46.3 Å². The number of amides is 1. The lowest BCUT2D eigenvalue weighted by molar-refractivity contribution is -0.126. The second-order valence-corrected chi connectivity index (χ2v) is 10.2. The largest absolute Gasteiger partial charge is 0.355 e. The van der Waals surface area contributed by atoms with Crippen molar-refractivity contribution in [2.45, 2.75) is 31.2 Å². The summed E-state index contributed by atoms with van der Waals surface area (Å²) >= 11 is 14.0. The van der Waals surface area contributed by atoms with Gasteiger partial charge in [0.25, 0.3) is 0 Å². The molecule has 0 radical (unpaired) electrons. The fraction of sp³-hybridized carbons (Fsp3) is 0.375. The number of carbonyl (C=O) groups is 1. The first-order chi connectivity index (χ1) is 16.0. The van der Waals surface area contributed by atoms with Gasteiger partial charge >= 0.3 is 0 Å². The lowest BCUT2D eigenvalue weighted by Crippen LogP contribution is -2.40. The van der Waals surface area contributed by atoms with Crippen LogP contribution in [0.2, 0.25) is 10.0 Å². The van der Waals surface area contributed by atoms with Crippen molar-refractivity contribution >= 4 is 40.9 Å². The fourth-order valence-corrected chi connectivity index (χ4v) is 5.03. The minimum absolute atomic E-state index is 0.0525. The number of thioether (sulfide) groups is 1. The van der Waals surface area contributed by atoms with Crippen LogP contribution in [0.15, 0.2) is 51.9 Å². The van der Waals surface area contributed by atoms with Crippen molar-refractivity contribution < 1.29 is 9.32 Å². The lowest BCUT2D eigenvalue weighted by atomic mass is 9.96. The minimum atomic E-state index is 0.0525. The minimum Gasteiger partial charge on any atom is -0.355 e. The molecule has 2 heterocycles. The van der Waals surface area contributed by atoms with Gasteiger partial charge in [0.2, 0.25) is 17.6 Å². The van der Waals surface area contributed by atoms with Gasteiger partial charge in [0, 0.05) is 33.7 Å². The Balaban J connectivity index is 1.18. The molecule has 0 unspecified atom stereocenters. The number of halogens is 2. The van der Waals surface area contributed by atoms with Crippen LogP contribution in [0.4, 0.5) is 0 Å². The van der Waals surface area contributed by atoms with Gasteiger partial charge in [0.1, 0.15) is 0 Å². The summed E-state index contributed by atoms with van der Waals surface area (Å²) in [7, 11) is 0. The molecule has 1 aliphatic rings. The average molecular weight is 505 g/mol. The van der Waals surface area contributed by atoms with Crippen molar-refractivity contribution in [3.05, 3.63) is 64.0 Å². The van der Waals surface area contributed by atoms with E-state index in [1.807, 2.05) is 0 Å². The smallest absolute Gasteiger partial charge is 0.241 e. The van der Waals surface area contributed by atoms with Gasteiger partial charge in [-0.2, -0.15) is 4.98 Å². The Morgan fingerprint density at radius 2 is 1.94 bits per heavy atom. The summed E-state index contributed by atoms with van der Waals surface area (Å²) < 4.78 is 5.41. The maximum absolute atomic E-state index is 12.5. The number of aromatic nitrogens is 2. The summed E-state index contributed by atoms with van der Waals surface area (Å²) in [5.41, 5.74) is 1.94. The van der Waals surface area contributed by atoms with Gasteiger partial charge in [-0.25, -0.2) is 0 Å². The summed E-state index contributed by atoms with van der Waals surface area (Å²) in [4.78, 5) is 20.5. The number of carbonyl (C=O) groups excluding carboxylic acids is 1. The molecule has 1 amide bonds. The van der Waals surface area contributed by atoms with Crippen LogP contribution < -0.4 is 5.32 Å². The average Bonchev–Trinajstić information content (AvgIpc) is 3.26. The second-order valence-electron chi connectivity index (χ2n) is 8.14. The first-order valence-corrected chi connectivity index (χ1v) is 12.7. The highest BCUT2D eigenvalue weighted by Gasteiger charge is 2.26. The van der Waals surface area contributed by atoms with Crippen molar-refractivity contribution in [2.75, 3.05) is 25.4 Å². The van der Waals surface area contributed by atoms with Crippen molar-refractivity contribution in [2.24, 2.45) is 5.92 Å². The maximum Gasteiger partial charge on any atom is 0.241 e. The van der Waals surface area contributed by atoms with Crippen LogP contribution in [-0.2, 0) is 11.3 Å². The first kappa shape index (κ1) is 24.1. The molecule has 0 spiro atoms. The van der Waals surface area contributed by atoms with Gasteiger partial charge in [-0.05, 0) is 63.2 Å². The van der Waals surface area contributed by atoms with E-state index < -0.39 is 0 Å². The van der Waals surface area contributed by atoms with Crippen LogP contribution >= 0.6 is 35.0 Å². The molecule has 4 rings (SSSR count). The summed E-state index contributed by atoms with van der Waals surface area (Å²) in [6.45, 7) is 4.94. The Kier molecular flexibility index (Phi) is 8.30. The zero-order valence-corrected chi connectivity index (χ0v) is 20.7. The topological polar surface area (TPSA) is 71.3 Å². The van der Waals surface area contributed by atoms with Gasteiger partial charge in [-0.3, -0.25) is 9.69 Å². The zero-order valence-electron chi connectivity index (χ0n) is 18.4. The molecule has 33 heavy (non-hydrogen) atoms. The first-order valence-electron chi connectivity index (χ1n) is 11.0. The molecule has 1 saturated heterocycles. The number of piperidine rings is 1. The van der Waals surface area contributed by atoms with Gasteiger partial charge in [0.15, 0.2) is 0 Å². The van der Waals surface area contributed by atoms with Gasteiger partial charge in [-0.15, -0.1) is 11.8 Å². The Hall–Kier alpha value is -2.06. The van der Waals surface area contributed by atoms with Crippen molar-refractivity contribution in [3.8, 4) is 11.4 Å². The summed E-state index contributed by atoms with van der Waals surface area (Å²) in [6, 6.07) is 13.6. The molecule has 0 aliphatic carbocycles. The second kappa shape index (κ2) is 11.4. The highest BCUT2D eigenvalue weighted by molar-refractivity contribution is 7.99. The molecule has 1 fully saturated rings. The standard InChI is InChI=1S/C24H26Cl2N4O2S/c1-16-2-5-19(6-3-16)33-13-10-27-24(31)17-8-11-30(12-9-17)15-22-28-23(29-32-22)20-7-4-18(25)14-21(20)26/h2-7,14,17H,8-13,15H2,1H3,(H,27,31). The van der Waals surface area contributed by atoms with E-state index >= 15 is 0 Å². The summed E-state index contributed by atoms with van der Waals surface area (Å²) in [5.74, 6) is 2.05. The van der Waals surface area contributed by atoms with E-state index in [2.05, 4.69) is 51.5 Å². The molecule has 0 atom stereocenters. The van der Waals surface area contributed by atoms with E-state index in [9.17, 15) is 4.79 Å². The molecule has 174 valence electrons. The number of nitrogens with one attached hydrogen (secondary N) is 1. The molecule has 1 aromatic heterocycles. The number of aryl methyl sites for hydroxylation is 1. The van der Waals surface area contributed by atoms with Crippen molar-refractivity contribution in [1.82, 2.24) is 20.4 Å². The Bertz CT molecular complexity index is 1080. The SMILES string of the molecule is Cc1ccc(SCCNC(=O)C2CCN(Cc3nc(-c4ccc(Cl)cc4Cl)no3)CC2)cc1. The highest BCUT2D eigenvalue weighted by atomic mass is 35.5. The molecule has 6 nitrogen and oxygen atoms in total. The molecule has 2 aromatic carbocycles. The van der Waals surface area contributed by atoms with Crippen LogP contribution in [0.3, 0.4) is 0 Å². The van der Waals surface area contributed by atoms with E-state index in [1.165, 1.54) is 10.5 Å². The predicted octanol–water partition coefficient (Wildman–Crippen LogP) is 5.47. The van der Waals surface area contributed by atoms with E-state index in [1.54, 1.807) is 30.0 Å². The number of benzene rings is 2. The predicted molar refractivity (Wildman–Crippen MR) is 133 cm³/mol. The maximum atomic E-state index is 12.5. The van der Waals surface area contributed by atoms with Gasteiger partial charge in [0.05, 0.1) is 11.6 Å². The molecule has 3 aromatic rings. The van der Waals surface area contributed by atoms with Crippen molar-refractivity contribution in [1.29, 1.82) is 0 Å². The quantitative estimate of drug-likeness (QED) is 0.323. The monoisotopic (exact) mass is 504 g/mol. The third-order valence-electron chi connectivity index (χ3n) is 5.65. The van der Waals surface area contributed by atoms with E-state index in [-0.39, 0.29) is 11.8 Å². The normalized spacial score (nSPS) is 15.0. The van der Waals surface area contributed by atoms with E-state index in [0.717, 1.165) is 31.7 Å². The Labute approximate surface area is 208 Å². The molecule has 1 N–H and O–H groups in total. The van der Waals surface area contributed by atoms with E-state index in [0.29, 0.717) is 40.4 Å². The van der Waals surface area contributed by atoms with Crippen LogP contribution in [0.25, 0.3) is 11.4 Å². The van der Waals surface area contributed by atoms with Gasteiger partial charge < -0.3 is 9.84 Å². The Morgan fingerprint density at radius 1 is 1.18 bits per heavy atom. The molecule has 0 bridgehead atoms. The molecule has 0 saturated carbocycles. The fourth-order valence-electron chi connectivity index (χ4n) is 3.77. The van der Waals surface area contributed by atoms with Crippen LogP contribution in [0.1, 0.15) is 24.3 Å². The van der Waals surface area contributed by atoms with Crippen LogP contribution in [0.5, 0.6) is 0 Å². The number of hydrogen-bond acceptors (Lipinski definition) is 6. The molecular weight excluding hydrogens is 479 g/mol. The third kappa shape index (κ3) is 6.73. The molecule has 1 aliphatic heterocycles. The Morgan fingerprint density at radius 3 is 2.67 bits per heavy atom.